The van der Waals surface area contributed by atoms with E-state index in [4.69, 9.17) is 4.74 Å². The highest BCUT2D eigenvalue weighted by Crippen LogP contribution is 2.28. The van der Waals surface area contributed by atoms with Crippen molar-refractivity contribution in [1.29, 1.82) is 0 Å². The molecule has 0 bridgehead atoms. The number of aryl methyl sites for hydroxylation is 1. The zero-order valence-corrected chi connectivity index (χ0v) is 15.8. The monoisotopic (exact) mass is 404 g/mol. The molecule has 7 heteroatoms. The van der Waals surface area contributed by atoms with Gasteiger partial charge in [0, 0.05) is 16.6 Å². The van der Waals surface area contributed by atoms with Crippen molar-refractivity contribution in [3.63, 3.8) is 0 Å². The van der Waals surface area contributed by atoms with Gasteiger partial charge < -0.3 is 15.4 Å². The maximum Gasteiger partial charge on any atom is 0.256 e. The molecule has 1 aliphatic carbocycles. The van der Waals surface area contributed by atoms with E-state index >= 15 is 0 Å². The number of anilines is 1. The summed E-state index contributed by atoms with van der Waals surface area (Å²) in [4.78, 5) is 21.4. The predicted molar refractivity (Wildman–Crippen MR) is 100.0 cm³/mol. The van der Waals surface area contributed by atoms with Gasteiger partial charge in [0.25, 0.3) is 5.91 Å². The summed E-state index contributed by atoms with van der Waals surface area (Å²) in [5, 5.41) is 6.52. The smallest absolute Gasteiger partial charge is 0.256 e. The zero-order chi connectivity index (χ0) is 17.8. The van der Waals surface area contributed by atoms with Crippen molar-refractivity contribution in [3.8, 4) is 5.75 Å². The molecule has 2 aromatic rings. The Labute approximate surface area is 155 Å². The van der Waals surface area contributed by atoms with Crippen LogP contribution in [0.3, 0.4) is 0 Å². The third-order valence-corrected chi connectivity index (χ3v) is 5.03. The summed E-state index contributed by atoms with van der Waals surface area (Å²) in [7, 11) is 1.56. The van der Waals surface area contributed by atoms with Crippen LogP contribution in [-0.2, 0) is 0 Å². The van der Waals surface area contributed by atoms with Gasteiger partial charge in [0.05, 0.1) is 30.8 Å². The summed E-state index contributed by atoms with van der Waals surface area (Å²) >= 11 is 3.44. The predicted octanol–water partition coefficient (Wildman–Crippen LogP) is 3.32. The highest BCUT2D eigenvalue weighted by molar-refractivity contribution is 9.10. The van der Waals surface area contributed by atoms with E-state index in [0.717, 1.165) is 35.2 Å². The van der Waals surface area contributed by atoms with Crippen molar-refractivity contribution in [3.05, 3.63) is 46.3 Å². The fraction of sp³-hybridized carbons (Fsp3) is 0.389. The fourth-order valence-corrected chi connectivity index (χ4v) is 3.63. The third-order valence-electron chi connectivity index (χ3n) is 4.37. The van der Waals surface area contributed by atoms with Gasteiger partial charge in [-0.1, -0.05) is 6.07 Å². The molecule has 6 nitrogen and oxygen atoms in total. The van der Waals surface area contributed by atoms with Gasteiger partial charge in [-0.25, -0.2) is 4.98 Å². The Morgan fingerprint density at radius 2 is 2.04 bits per heavy atom. The van der Waals surface area contributed by atoms with E-state index in [9.17, 15) is 4.79 Å². The van der Waals surface area contributed by atoms with Crippen molar-refractivity contribution in [2.75, 3.05) is 12.4 Å². The molecule has 1 fully saturated rings. The number of nitrogens with zero attached hydrogens (tertiary/aromatic N) is 2. The van der Waals surface area contributed by atoms with Crippen LogP contribution in [0.4, 0.5) is 5.82 Å². The third kappa shape index (κ3) is 4.10. The lowest BCUT2D eigenvalue weighted by Gasteiger charge is -2.23. The van der Waals surface area contributed by atoms with Crippen LogP contribution in [0.15, 0.2) is 35.1 Å². The SMILES string of the molecule is COc1cccc(Br)c1C(=O)N[C@H]1CCC[C@@H]1Nc1cnc(C)cn1. The molecular formula is C18H21BrN4O2. The number of nitrogens with one attached hydrogen (secondary N) is 2. The van der Waals surface area contributed by atoms with Gasteiger partial charge in [0.15, 0.2) is 0 Å². The van der Waals surface area contributed by atoms with Crippen molar-refractivity contribution < 1.29 is 9.53 Å². The van der Waals surface area contributed by atoms with E-state index in [0.29, 0.717) is 11.3 Å². The summed E-state index contributed by atoms with van der Waals surface area (Å²) in [6.45, 7) is 1.90. The molecule has 1 aliphatic rings. The van der Waals surface area contributed by atoms with Crippen molar-refractivity contribution >= 4 is 27.7 Å². The second-order valence-corrected chi connectivity index (χ2v) is 6.98. The first-order valence-corrected chi connectivity index (χ1v) is 9.06. The fourth-order valence-electron chi connectivity index (χ4n) is 3.10. The Morgan fingerprint density at radius 3 is 2.76 bits per heavy atom. The second-order valence-electron chi connectivity index (χ2n) is 6.12. The van der Waals surface area contributed by atoms with Gasteiger partial charge in [-0.15, -0.1) is 0 Å². The standard InChI is InChI=1S/C18H21BrN4O2/c1-11-9-21-16(10-20-11)22-13-6-4-7-14(13)23-18(24)17-12(19)5-3-8-15(17)25-2/h3,5,8-10,13-14H,4,6-7H2,1-2H3,(H,21,22)(H,23,24)/t13-,14-/m0/s1. The van der Waals surface area contributed by atoms with Gasteiger partial charge in [-0.2, -0.15) is 0 Å². The number of benzene rings is 1. The van der Waals surface area contributed by atoms with Crippen molar-refractivity contribution in [1.82, 2.24) is 15.3 Å². The molecule has 1 saturated carbocycles. The molecule has 3 rings (SSSR count). The second kappa shape index (κ2) is 7.82. The van der Waals surface area contributed by atoms with Gasteiger partial charge in [0.2, 0.25) is 0 Å². The number of aromatic nitrogens is 2. The molecule has 1 amide bonds. The minimum atomic E-state index is -0.141. The van der Waals surface area contributed by atoms with E-state index in [-0.39, 0.29) is 18.0 Å². The first-order valence-electron chi connectivity index (χ1n) is 8.27. The van der Waals surface area contributed by atoms with Gasteiger partial charge in [0.1, 0.15) is 11.6 Å². The summed E-state index contributed by atoms with van der Waals surface area (Å²) < 4.78 is 6.04. The molecule has 25 heavy (non-hydrogen) atoms. The van der Waals surface area contributed by atoms with Crippen molar-refractivity contribution in [2.45, 2.75) is 38.3 Å². The van der Waals surface area contributed by atoms with Crippen LogP contribution >= 0.6 is 15.9 Å². The van der Waals surface area contributed by atoms with Crippen LogP contribution in [0, 0.1) is 6.92 Å². The average Bonchev–Trinajstić information content (AvgIpc) is 3.03. The number of hydrogen-bond acceptors (Lipinski definition) is 5. The van der Waals surface area contributed by atoms with Gasteiger partial charge in [-0.05, 0) is 54.2 Å². The van der Waals surface area contributed by atoms with E-state index < -0.39 is 0 Å². The summed E-state index contributed by atoms with van der Waals surface area (Å²) in [6, 6.07) is 5.63. The Bertz CT molecular complexity index is 751. The molecule has 132 valence electrons. The Balaban J connectivity index is 1.71. The lowest BCUT2D eigenvalue weighted by atomic mass is 10.1. The van der Waals surface area contributed by atoms with Gasteiger partial charge >= 0.3 is 0 Å². The molecule has 0 unspecified atom stereocenters. The lowest BCUT2D eigenvalue weighted by molar-refractivity contribution is 0.0932. The first-order chi connectivity index (χ1) is 12.1. The Kier molecular flexibility index (Phi) is 5.53. The highest BCUT2D eigenvalue weighted by Gasteiger charge is 2.30. The van der Waals surface area contributed by atoms with E-state index in [1.807, 2.05) is 19.1 Å². The molecule has 2 atom stereocenters. The molecule has 1 heterocycles. The molecule has 0 saturated heterocycles. The lowest BCUT2D eigenvalue weighted by Crippen LogP contribution is -2.43. The number of methoxy groups -OCH3 is 1. The minimum absolute atomic E-state index is 0.0346. The Morgan fingerprint density at radius 1 is 1.24 bits per heavy atom. The number of hydrogen-bond donors (Lipinski definition) is 2. The average molecular weight is 405 g/mol. The molecule has 0 spiro atoms. The molecule has 2 N–H and O–H groups in total. The Hall–Kier alpha value is -2.15. The van der Waals surface area contributed by atoms with Crippen molar-refractivity contribution in [2.24, 2.45) is 0 Å². The maximum atomic E-state index is 12.8. The highest BCUT2D eigenvalue weighted by atomic mass is 79.9. The zero-order valence-electron chi connectivity index (χ0n) is 14.3. The first kappa shape index (κ1) is 17.7. The van der Waals surface area contributed by atoms with E-state index in [1.54, 1.807) is 25.6 Å². The molecule has 1 aromatic heterocycles. The number of carbonyl (C=O) groups is 1. The maximum absolute atomic E-state index is 12.8. The minimum Gasteiger partial charge on any atom is -0.496 e. The van der Waals surface area contributed by atoms with E-state index in [2.05, 4.69) is 36.5 Å². The van der Waals surface area contributed by atoms with Crippen LogP contribution in [0.2, 0.25) is 0 Å². The number of carbonyl (C=O) groups excluding carboxylic acids is 1. The van der Waals surface area contributed by atoms with Crippen LogP contribution < -0.4 is 15.4 Å². The summed E-state index contributed by atoms with van der Waals surface area (Å²) in [5.74, 6) is 1.15. The van der Waals surface area contributed by atoms with Crippen LogP contribution in [0.5, 0.6) is 5.75 Å². The number of rotatable bonds is 5. The summed E-state index contributed by atoms with van der Waals surface area (Å²) in [5.41, 5.74) is 1.40. The largest absolute Gasteiger partial charge is 0.496 e. The van der Waals surface area contributed by atoms with Crippen LogP contribution in [0.25, 0.3) is 0 Å². The summed E-state index contributed by atoms with van der Waals surface area (Å²) in [6.07, 6.45) is 6.41. The normalized spacial score (nSPS) is 19.5. The van der Waals surface area contributed by atoms with Crippen LogP contribution in [-0.4, -0.2) is 35.1 Å². The quantitative estimate of drug-likeness (QED) is 0.798. The van der Waals surface area contributed by atoms with E-state index in [1.165, 1.54) is 0 Å². The number of amides is 1. The van der Waals surface area contributed by atoms with Gasteiger partial charge in [-0.3, -0.25) is 9.78 Å². The molecule has 0 radical (unpaired) electrons. The molecular weight excluding hydrogens is 384 g/mol. The molecule has 0 aliphatic heterocycles. The molecule has 1 aromatic carbocycles. The number of ether oxygens (including phenoxy) is 1. The number of halogens is 1. The van der Waals surface area contributed by atoms with Crippen LogP contribution in [0.1, 0.15) is 35.3 Å². The topological polar surface area (TPSA) is 76.1 Å².